The zero-order valence-electron chi connectivity index (χ0n) is 12.0. The minimum atomic E-state index is -3.41. The number of hydrogen-bond acceptors (Lipinski definition) is 8. The Kier molecular flexibility index (Phi) is 8.66. The van der Waals surface area contributed by atoms with Crippen molar-refractivity contribution < 1.29 is 36.8 Å². The molecule has 10 heteroatoms. The Bertz CT molecular complexity index is 377. The lowest BCUT2D eigenvalue weighted by Crippen LogP contribution is -2.13. The van der Waals surface area contributed by atoms with Crippen molar-refractivity contribution in [3.05, 3.63) is 0 Å². The molecule has 0 fully saturated rings. The van der Waals surface area contributed by atoms with Crippen LogP contribution in [0.4, 0.5) is 0 Å². The molecule has 0 saturated carbocycles. The maximum Gasteiger partial charge on any atom is 0.337 e. The Labute approximate surface area is 118 Å². The van der Waals surface area contributed by atoms with Crippen LogP contribution >= 0.6 is 15.2 Å². The lowest BCUT2D eigenvalue weighted by atomic mass is 10.2. The summed E-state index contributed by atoms with van der Waals surface area (Å²) < 4.78 is 41.9. The first-order chi connectivity index (χ1) is 9.24. The number of rotatable bonds is 11. The van der Waals surface area contributed by atoms with Gasteiger partial charge in [-0.1, -0.05) is 0 Å². The number of ketones is 2. The summed E-state index contributed by atoms with van der Waals surface area (Å²) in [6, 6.07) is 0. The Morgan fingerprint density at radius 3 is 1.15 bits per heavy atom. The molecule has 0 heterocycles. The maximum absolute atomic E-state index is 11.7. The lowest BCUT2D eigenvalue weighted by molar-refractivity contribution is -0.122. The number of hydrogen-bond donors (Lipinski definition) is 0. The largest absolute Gasteiger partial charge is 0.337 e. The second kappa shape index (κ2) is 8.82. The molecule has 0 saturated heterocycles. The van der Waals surface area contributed by atoms with Gasteiger partial charge in [0.2, 0.25) is 0 Å². The fourth-order valence-electron chi connectivity index (χ4n) is 1.28. The van der Waals surface area contributed by atoms with Gasteiger partial charge in [-0.3, -0.25) is 18.7 Å². The lowest BCUT2D eigenvalue weighted by Gasteiger charge is -2.13. The molecule has 0 atom stereocenters. The third-order valence-electron chi connectivity index (χ3n) is 2.54. The Balaban J connectivity index is 4.30. The SMILES string of the molecule is COP(=O)(CC(=O)CCC(=O)CP(=O)(OC)OC)OC. The van der Waals surface area contributed by atoms with E-state index in [1.54, 1.807) is 0 Å². The van der Waals surface area contributed by atoms with Crippen LogP contribution in [0.5, 0.6) is 0 Å². The van der Waals surface area contributed by atoms with Crippen molar-refractivity contribution in [2.45, 2.75) is 12.8 Å². The van der Waals surface area contributed by atoms with Crippen molar-refractivity contribution in [2.24, 2.45) is 0 Å². The van der Waals surface area contributed by atoms with Crippen LogP contribution in [0.1, 0.15) is 12.8 Å². The smallest absolute Gasteiger partial charge is 0.312 e. The molecule has 0 aliphatic rings. The van der Waals surface area contributed by atoms with E-state index >= 15 is 0 Å². The van der Waals surface area contributed by atoms with Crippen molar-refractivity contribution in [1.82, 2.24) is 0 Å². The van der Waals surface area contributed by atoms with Gasteiger partial charge in [0.1, 0.15) is 23.9 Å². The fraction of sp³-hybridized carbons (Fsp3) is 0.800. The summed E-state index contributed by atoms with van der Waals surface area (Å²) in [6.07, 6.45) is -1.08. The van der Waals surface area contributed by atoms with Gasteiger partial charge in [0.05, 0.1) is 0 Å². The topological polar surface area (TPSA) is 105 Å². The summed E-state index contributed by atoms with van der Waals surface area (Å²) >= 11 is 0. The first-order valence-corrected chi connectivity index (χ1v) is 9.14. The van der Waals surface area contributed by atoms with E-state index in [0.29, 0.717) is 0 Å². The molecule has 118 valence electrons. The highest BCUT2D eigenvalue weighted by Crippen LogP contribution is 2.47. The third-order valence-corrected chi connectivity index (χ3v) is 6.24. The van der Waals surface area contributed by atoms with Crippen molar-refractivity contribution in [2.75, 3.05) is 40.8 Å². The average molecular weight is 330 g/mol. The highest BCUT2D eigenvalue weighted by atomic mass is 31.2. The number of carbonyl (C=O) groups excluding carboxylic acids is 2. The molecular weight excluding hydrogens is 310 g/mol. The van der Waals surface area contributed by atoms with E-state index in [9.17, 15) is 18.7 Å². The average Bonchev–Trinajstić information content (AvgIpc) is 2.44. The standard InChI is InChI=1S/C10H20O8P2/c1-15-19(13,16-2)7-9(11)5-6-10(12)8-20(14,17-3)18-4/h5-8H2,1-4H3. The van der Waals surface area contributed by atoms with Gasteiger partial charge >= 0.3 is 15.2 Å². The van der Waals surface area contributed by atoms with Gasteiger partial charge in [-0.2, -0.15) is 0 Å². The molecule has 0 spiro atoms. The fourth-order valence-corrected chi connectivity index (χ4v) is 3.27. The van der Waals surface area contributed by atoms with Crippen LogP contribution in [0.3, 0.4) is 0 Å². The second-order valence-corrected chi connectivity index (χ2v) is 8.38. The molecule has 0 rings (SSSR count). The van der Waals surface area contributed by atoms with Gasteiger partial charge in [-0.05, 0) is 0 Å². The van der Waals surface area contributed by atoms with Gasteiger partial charge in [0, 0.05) is 41.3 Å². The Hall–Kier alpha value is -0.360. The van der Waals surface area contributed by atoms with Crippen LogP contribution in [-0.4, -0.2) is 52.3 Å². The van der Waals surface area contributed by atoms with E-state index in [0.717, 1.165) is 0 Å². The van der Waals surface area contributed by atoms with Gasteiger partial charge in [0.15, 0.2) is 0 Å². The zero-order chi connectivity index (χ0) is 15.8. The van der Waals surface area contributed by atoms with Crippen LogP contribution in [0, 0.1) is 0 Å². The number of carbonyl (C=O) groups is 2. The second-order valence-electron chi connectivity index (χ2n) is 3.85. The predicted molar refractivity (Wildman–Crippen MR) is 72.2 cm³/mol. The Morgan fingerprint density at radius 1 is 0.700 bits per heavy atom. The van der Waals surface area contributed by atoms with Crippen molar-refractivity contribution >= 4 is 26.8 Å². The van der Waals surface area contributed by atoms with E-state index in [1.165, 1.54) is 28.4 Å². The molecule has 0 radical (unpaired) electrons. The van der Waals surface area contributed by atoms with Crippen LogP contribution in [0.2, 0.25) is 0 Å². The van der Waals surface area contributed by atoms with Gasteiger partial charge in [-0.15, -0.1) is 0 Å². The normalized spacial score (nSPS) is 12.4. The van der Waals surface area contributed by atoms with E-state index < -0.39 is 39.1 Å². The van der Waals surface area contributed by atoms with Gasteiger partial charge in [0.25, 0.3) is 0 Å². The highest BCUT2D eigenvalue weighted by Gasteiger charge is 2.28. The van der Waals surface area contributed by atoms with Crippen LogP contribution < -0.4 is 0 Å². The molecule has 0 aliphatic carbocycles. The summed E-state index contributed by atoms with van der Waals surface area (Å²) in [6.45, 7) is 0. The van der Waals surface area contributed by atoms with Crippen molar-refractivity contribution in [3.8, 4) is 0 Å². The minimum absolute atomic E-state index is 0.136. The number of Topliss-reactive ketones (excluding diaryl/α,β-unsaturated/α-hetero) is 2. The predicted octanol–water partition coefficient (Wildman–Crippen LogP) is 1.88. The molecule has 0 amide bonds. The summed E-state index contributed by atoms with van der Waals surface area (Å²) in [5, 5.41) is 0. The van der Waals surface area contributed by atoms with Crippen LogP contribution in [0.15, 0.2) is 0 Å². The summed E-state index contributed by atoms with van der Waals surface area (Å²) in [5.41, 5.74) is 0. The maximum atomic E-state index is 11.7. The highest BCUT2D eigenvalue weighted by molar-refractivity contribution is 7.55. The third kappa shape index (κ3) is 6.88. The molecule has 0 aromatic heterocycles. The molecule has 8 nitrogen and oxygen atoms in total. The summed E-state index contributed by atoms with van der Waals surface area (Å²) in [5.74, 6) is -0.870. The Morgan fingerprint density at radius 2 is 0.950 bits per heavy atom. The van der Waals surface area contributed by atoms with E-state index in [4.69, 9.17) is 0 Å². The van der Waals surface area contributed by atoms with E-state index in [1.807, 2.05) is 0 Å². The molecule has 0 aromatic carbocycles. The molecule has 0 bridgehead atoms. The van der Waals surface area contributed by atoms with Crippen LogP contribution in [0.25, 0.3) is 0 Å². The van der Waals surface area contributed by atoms with Gasteiger partial charge in [-0.25, -0.2) is 0 Å². The van der Waals surface area contributed by atoms with Crippen molar-refractivity contribution in [3.63, 3.8) is 0 Å². The van der Waals surface area contributed by atoms with Gasteiger partial charge < -0.3 is 18.1 Å². The molecule has 0 N–H and O–H groups in total. The van der Waals surface area contributed by atoms with Crippen molar-refractivity contribution in [1.29, 1.82) is 0 Å². The minimum Gasteiger partial charge on any atom is -0.312 e. The summed E-state index contributed by atoms with van der Waals surface area (Å²) in [7, 11) is -2.12. The first-order valence-electron chi connectivity index (χ1n) is 5.68. The first kappa shape index (κ1) is 19.6. The zero-order valence-corrected chi connectivity index (χ0v) is 13.8. The van der Waals surface area contributed by atoms with E-state index in [2.05, 4.69) is 18.1 Å². The molecule has 0 unspecified atom stereocenters. The molecule has 0 aliphatic heterocycles. The quantitative estimate of drug-likeness (QED) is 0.529. The monoisotopic (exact) mass is 330 g/mol. The molecule has 20 heavy (non-hydrogen) atoms. The molecule has 0 aromatic rings. The van der Waals surface area contributed by atoms with Crippen LogP contribution in [-0.2, 0) is 36.8 Å². The molecular formula is C10H20O8P2. The van der Waals surface area contributed by atoms with E-state index in [-0.39, 0.29) is 12.8 Å². The summed E-state index contributed by atoms with van der Waals surface area (Å²) in [4.78, 5) is 23.1.